The lowest BCUT2D eigenvalue weighted by Crippen LogP contribution is -1.85. The largest absolute Gasteiger partial charge is 0.274 e. The minimum Gasteiger partial charge on any atom is -0.0837 e. The van der Waals surface area contributed by atoms with Crippen molar-refractivity contribution in [1.29, 1.82) is 0 Å². The lowest BCUT2D eigenvalue weighted by atomic mass is 10.1. The first-order chi connectivity index (χ1) is 5.93. The molecule has 61 valence electrons. The normalized spacial score (nSPS) is 8.75. The zero-order chi connectivity index (χ0) is 8.65. The molecule has 1 aromatic rings. The van der Waals surface area contributed by atoms with Gasteiger partial charge in [0, 0.05) is 6.42 Å². The van der Waals surface area contributed by atoms with E-state index in [9.17, 15) is 0 Å². The summed E-state index contributed by atoms with van der Waals surface area (Å²) in [6.45, 7) is 4.25. The van der Waals surface area contributed by atoms with Gasteiger partial charge in [0.1, 0.15) is 0 Å². The lowest BCUT2D eigenvalue weighted by Gasteiger charge is -1.93. The highest BCUT2D eigenvalue weighted by Gasteiger charge is 1.94. The van der Waals surface area contributed by atoms with Gasteiger partial charge in [-0.15, -0.1) is 0 Å². The summed E-state index contributed by atoms with van der Waals surface area (Å²) in [4.78, 5) is 3.93. The molecule has 0 aliphatic rings. The summed E-state index contributed by atoms with van der Waals surface area (Å²) in [5.74, 6) is 0. The maximum atomic E-state index is 3.93. The Balaban J connectivity index is 2.27. The highest BCUT2D eigenvalue weighted by molar-refractivity contribution is 5.14. The molecule has 1 radical (unpaired) electrons. The summed E-state index contributed by atoms with van der Waals surface area (Å²) in [6, 6.07) is 13.0. The second kappa shape index (κ2) is 5.37. The minimum atomic E-state index is 0.832. The Morgan fingerprint density at radius 3 is 2.67 bits per heavy atom. The zero-order valence-electron chi connectivity index (χ0n) is 7.16. The molecule has 0 amide bonds. The van der Waals surface area contributed by atoms with Crippen LogP contribution in [0.5, 0.6) is 0 Å². The molecule has 0 heterocycles. The molecule has 0 bridgehead atoms. The Bertz CT molecular complexity index is 266. The van der Waals surface area contributed by atoms with E-state index in [1.165, 1.54) is 5.56 Å². The van der Waals surface area contributed by atoms with Gasteiger partial charge >= 0.3 is 0 Å². The Morgan fingerprint density at radius 1 is 1.25 bits per heavy atom. The van der Waals surface area contributed by atoms with Gasteiger partial charge in [-0.2, -0.15) is 0 Å². The molecule has 0 aliphatic heterocycles. The van der Waals surface area contributed by atoms with Crippen molar-refractivity contribution in [2.75, 3.05) is 6.54 Å². The van der Waals surface area contributed by atoms with E-state index in [0.29, 0.717) is 0 Å². The average molecular weight is 159 g/mol. The van der Waals surface area contributed by atoms with Crippen LogP contribution >= 0.6 is 0 Å². The molecule has 0 atom stereocenters. The quantitative estimate of drug-likeness (QED) is 0.597. The Morgan fingerprint density at radius 2 is 2.00 bits per heavy atom. The predicted octanol–water partition coefficient (Wildman–Crippen LogP) is 2.79. The first-order valence-electron chi connectivity index (χ1n) is 4.16. The van der Waals surface area contributed by atoms with Gasteiger partial charge in [-0.25, -0.2) is 0 Å². The zero-order valence-corrected chi connectivity index (χ0v) is 7.16. The topological polar surface area (TPSA) is 4.36 Å². The Labute approximate surface area is 73.9 Å². The maximum Gasteiger partial charge on any atom is 0.274 e. The molecule has 0 saturated heterocycles. The van der Waals surface area contributed by atoms with Crippen molar-refractivity contribution >= 4 is 0 Å². The number of aryl methyl sites for hydroxylation is 1. The molecule has 0 spiro atoms. The molecule has 0 unspecified atom stereocenters. The average Bonchev–Trinajstić information content (AvgIpc) is 2.14. The fourth-order valence-electron chi connectivity index (χ4n) is 1.09. The minimum absolute atomic E-state index is 0.832. The van der Waals surface area contributed by atoms with Crippen molar-refractivity contribution in [3.8, 4) is 6.07 Å². The van der Waals surface area contributed by atoms with Gasteiger partial charge in [0.15, 0.2) is 0 Å². The van der Waals surface area contributed by atoms with Crippen LogP contribution in [0.4, 0.5) is 0 Å². The summed E-state index contributed by atoms with van der Waals surface area (Å²) in [7, 11) is 0. The van der Waals surface area contributed by atoms with Crippen LogP contribution in [0.2, 0.25) is 0 Å². The number of hydrogen-bond acceptors (Lipinski definition) is 0. The van der Waals surface area contributed by atoms with Crippen LogP contribution in [-0.4, -0.2) is 6.54 Å². The SMILES string of the molecule is [CH2]C#[N+]CCCc1ccccc1. The first kappa shape index (κ1) is 8.80. The summed E-state index contributed by atoms with van der Waals surface area (Å²) in [5.41, 5.74) is 1.37. The van der Waals surface area contributed by atoms with Crippen molar-refractivity contribution in [2.24, 2.45) is 0 Å². The number of rotatable bonds is 3. The smallest absolute Gasteiger partial charge is 0.0837 e. The van der Waals surface area contributed by atoms with Crippen molar-refractivity contribution < 1.29 is 0 Å². The standard InChI is InChI=1S/C11H13N/c1-2-12-10-6-9-11-7-4-3-5-8-11/h3-5,7-8H,1,6,9-10H2/q+1. The van der Waals surface area contributed by atoms with E-state index >= 15 is 0 Å². The van der Waals surface area contributed by atoms with Crippen LogP contribution in [0, 0.1) is 13.0 Å². The van der Waals surface area contributed by atoms with Gasteiger partial charge in [0.05, 0.1) is 6.92 Å². The van der Waals surface area contributed by atoms with Crippen LogP contribution < -0.4 is 0 Å². The molecule has 1 heteroatoms. The third kappa shape index (κ3) is 3.21. The van der Waals surface area contributed by atoms with E-state index in [4.69, 9.17) is 0 Å². The number of hydrogen-bond donors (Lipinski definition) is 0. The molecular formula is C11H13N+. The van der Waals surface area contributed by atoms with E-state index in [1.54, 1.807) is 0 Å². The molecule has 12 heavy (non-hydrogen) atoms. The summed E-state index contributed by atoms with van der Waals surface area (Å²) in [5, 5.41) is 0. The van der Waals surface area contributed by atoms with Crippen LogP contribution in [0.1, 0.15) is 12.0 Å². The highest BCUT2D eigenvalue weighted by atomic mass is 14.6. The van der Waals surface area contributed by atoms with E-state index in [1.807, 2.05) is 6.07 Å². The number of nitrogens with zero attached hydrogens (tertiary/aromatic N) is 1. The third-order valence-electron chi connectivity index (χ3n) is 1.69. The Kier molecular flexibility index (Phi) is 3.94. The van der Waals surface area contributed by atoms with Gasteiger partial charge in [-0.1, -0.05) is 35.2 Å². The van der Waals surface area contributed by atoms with E-state index < -0.39 is 0 Å². The van der Waals surface area contributed by atoms with E-state index in [-0.39, 0.29) is 0 Å². The van der Waals surface area contributed by atoms with Crippen LogP contribution in [0.25, 0.3) is 4.85 Å². The van der Waals surface area contributed by atoms with Gasteiger partial charge in [-0.05, 0) is 12.0 Å². The summed E-state index contributed by atoms with van der Waals surface area (Å²) < 4.78 is 0. The van der Waals surface area contributed by atoms with Gasteiger partial charge in [0.2, 0.25) is 0 Å². The molecule has 0 N–H and O–H groups in total. The van der Waals surface area contributed by atoms with Crippen LogP contribution in [-0.2, 0) is 6.42 Å². The van der Waals surface area contributed by atoms with Crippen molar-refractivity contribution in [2.45, 2.75) is 12.8 Å². The molecule has 1 aromatic carbocycles. The van der Waals surface area contributed by atoms with Crippen LogP contribution in [0.3, 0.4) is 0 Å². The van der Waals surface area contributed by atoms with Gasteiger partial charge in [-0.3, -0.25) is 0 Å². The molecule has 0 aliphatic carbocycles. The van der Waals surface area contributed by atoms with Crippen molar-refractivity contribution in [3.63, 3.8) is 0 Å². The van der Waals surface area contributed by atoms with Crippen LogP contribution in [0.15, 0.2) is 30.3 Å². The second-order valence-electron chi connectivity index (χ2n) is 2.63. The van der Waals surface area contributed by atoms with Gasteiger partial charge < -0.3 is 0 Å². The molecule has 0 fully saturated rings. The first-order valence-corrected chi connectivity index (χ1v) is 4.16. The second-order valence-corrected chi connectivity index (χ2v) is 2.63. The van der Waals surface area contributed by atoms with E-state index in [2.05, 4.69) is 42.1 Å². The fraction of sp³-hybridized carbons (Fsp3) is 0.273. The summed E-state index contributed by atoms with van der Waals surface area (Å²) in [6.07, 6.45) is 2.17. The third-order valence-corrected chi connectivity index (χ3v) is 1.69. The molecule has 0 saturated carbocycles. The predicted molar refractivity (Wildman–Crippen MR) is 52.2 cm³/mol. The molecule has 1 rings (SSSR count). The van der Waals surface area contributed by atoms with Crippen molar-refractivity contribution in [3.05, 3.63) is 47.7 Å². The maximum absolute atomic E-state index is 3.93. The molecule has 0 aromatic heterocycles. The van der Waals surface area contributed by atoms with Crippen molar-refractivity contribution in [1.82, 2.24) is 0 Å². The monoisotopic (exact) mass is 159 g/mol. The summed E-state index contributed by atoms with van der Waals surface area (Å²) >= 11 is 0. The highest BCUT2D eigenvalue weighted by Crippen LogP contribution is 2.01. The van der Waals surface area contributed by atoms with Gasteiger partial charge in [0.25, 0.3) is 12.6 Å². The fourth-order valence-corrected chi connectivity index (χ4v) is 1.09. The lowest BCUT2D eigenvalue weighted by molar-refractivity contribution is 0.892. The van der Waals surface area contributed by atoms with E-state index in [0.717, 1.165) is 19.4 Å². The molecule has 1 nitrogen and oxygen atoms in total. The number of benzene rings is 1. The Hall–Kier alpha value is -1.29. The molecular weight excluding hydrogens is 146 g/mol.